The van der Waals surface area contributed by atoms with Gasteiger partial charge in [-0.2, -0.15) is 5.10 Å². The van der Waals surface area contributed by atoms with Crippen molar-refractivity contribution in [1.82, 2.24) is 19.6 Å². The first kappa shape index (κ1) is 17.7. The first-order valence-electron chi connectivity index (χ1n) is 9.96. The van der Waals surface area contributed by atoms with Gasteiger partial charge < -0.3 is 9.64 Å². The molecule has 0 N–H and O–H groups in total. The van der Waals surface area contributed by atoms with Gasteiger partial charge in [0.2, 0.25) is 0 Å². The summed E-state index contributed by atoms with van der Waals surface area (Å²) in [7, 11) is 0. The standard InChI is InChI=1S/C21H30N4O/c1-2-6-19(7-3-1)16-24-11-5-15-26-21(18-24)17-23-13-8-20(9-14-23)25-12-4-10-22-25/h1-4,6-7,10,12,20-21H,5,8-9,11,13-18H2. The molecule has 2 fully saturated rings. The third-order valence-corrected chi connectivity index (χ3v) is 5.60. The van der Waals surface area contributed by atoms with E-state index in [1.54, 1.807) is 0 Å². The smallest absolute Gasteiger partial charge is 0.0828 e. The summed E-state index contributed by atoms with van der Waals surface area (Å²) in [4.78, 5) is 5.14. The van der Waals surface area contributed by atoms with E-state index in [-0.39, 0.29) is 0 Å². The minimum Gasteiger partial charge on any atom is -0.376 e. The van der Waals surface area contributed by atoms with E-state index in [1.165, 1.54) is 18.4 Å². The lowest BCUT2D eigenvalue weighted by atomic mass is 10.0. The Balaban J connectivity index is 1.27. The van der Waals surface area contributed by atoms with E-state index < -0.39 is 0 Å². The lowest BCUT2D eigenvalue weighted by Crippen LogP contribution is -2.43. The molecule has 26 heavy (non-hydrogen) atoms. The quantitative estimate of drug-likeness (QED) is 0.827. The highest BCUT2D eigenvalue weighted by Crippen LogP contribution is 2.22. The minimum atomic E-state index is 0.322. The highest BCUT2D eigenvalue weighted by molar-refractivity contribution is 5.14. The van der Waals surface area contributed by atoms with Crippen molar-refractivity contribution in [1.29, 1.82) is 0 Å². The van der Waals surface area contributed by atoms with Crippen LogP contribution in [0.5, 0.6) is 0 Å². The van der Waals surface area contributed by atoms with Crippen LogP contribution in [0.15, 0.2) is 48.8 Å². The lowest BCUT2D eigenvalue weighted by molar-refractivity contribution is 0.0179. The van der Waals surface area contributed by atoms with Crippen molar-refractivity contribution in [2.75, 3.05) is 39.3 Å². The fraction of sp³-hybridized carbons (Fsp3) is 0.571. The Bertz CT molecular complexity index is 637. The van der Waals surface area contributed by atoms with Gasteiger partial charge in [-0.1, -0.05) is 30.3 Å². The Labute approximate surface area is 156 Å². The molecular formula is C21H30N4O. The van der Waals surface area contributed by atoms with Crippen molar-refractivity contribution in [2.24, 2.45) is 0 Å². The molecular weight excluding hydrogens is 324 g/mol. The Morgan fingerprint density at radius 3 is 2.62 bits per heavy atom. The second-order valence-corrected chi connectivity index (χ2v) is 7.58. The summed E-state index contributed by atoms with van der Waals surface area (Å²) in [5, 5.41) is 4.41. The molecule has 2 aliphatic rings. The molecule has 0 spiro atoms. The van der Waals surface area contributed by atoms with Gasteiger partial charge >= 0.3 is 0 Å². The van der Waals surface area contributed by atoms with E-state index in [4.69, 9.17) is 4.74 Å². The number of benzene rings is 1. The number of piperidine rings is 1. The van der Waals surface area contributed by atoms with Gasteiger partial charge in [0, 0.05) is 58.3 Å². The van der Waals surface area contributed by atoms with E-state index in [0.717, 1.165) is 52.3 Å². The number of likely N-dealkylation sites (tertiary alicyclic amines) is 1. The Kier molecular flexibility index (Phi) is 5.99. The average Bonchev–Trinajstić information content (AvgIpc) is 3.12. The number of hydrogen-bond donors (Lipinski definition) is 0. The molecule has 0 bridgehead atoms. The zero-order valence-corrected chi connectivity index (χ0v) is 15.5. The molecule has 1 atom stereocenters. The third-order valence-electron chi connectivity index (χ3n) is 5.60. The van der Waals surface area contributed by atoms with Gasteiger partial charge in [0.05, 0.1) is 12.1 Å². The minimum absolute atomic E-state index is 0.322. The molecule has 5 heteroatoms. The number of ether oxygens (including phenoxy) is 1. The molecule has 4 rings (SSSR count). The summed E-state index contributed by atoms with van der Waals surface area (Å²) in [6.45, 7) is 7.42. The molecule has 2 aliphatic heterocycles. The normalized spacial score (nSPS) is 23.8. The van der Waals surface area contributed by atoms with Crippen LogP contribution in [0.25, 0.3) is 0 Å². The van der Waals surface area contributed by atoms with Crippen LogP contribution in [0, 0.1) is 0 Å². The molecule has 0 radical (unpaired) electrons. The van der Waals surface area contributed by atoms with Gasteiger partial charge in [-0.3, -0.25) is 9.58 Å². The maximum atomic E-state index is 6.17. The van der Waals surface area contributed by atoms with Crippen LogP contribution in [0.4, 0.5) is 0 Å². The zero-order chi connectivity index (χ0) is 17.6. The molecule has 5 nitrogen and oxygen atoms in total. The second-order valence-electron chi connectivity index (χ2n) is 7.58. The molecule has 1 aromatic heterocycles. The fourth-order valence-corrected chi connectivity index (χ4v) is 4.22. The van der Waals surface area contributed by atoms with Crippen molar-refractivity contribution in [2.45, 2.75) is 38.0 Å². The van der Waals surface area contributed by atoms with Crippen LogP contribution in [0.3, 0.4) is 0 Å². The molecule has 3 heterocycles. The Morgan fingerprint density at radius 2 is 1.85 bits per heavy atom. The number of hydrogen-bond acceptors (Lipinski definition) is 4. The van der Waals surface area contributed by atoms with Crippen molar-refractivity contribution < 1.29 is 4.74 Å². The molecule has 1 aromatic carbocycles. The Hall–Kier alpha value is -1.69. The van der Waals surface area contributed by atoms with Gasteiger partial charge in [-0.05, 0) is 30.9 Å². The summed E-state index contributed by atoms with van der Waals surface area (Å²) in [5.41, 5.74) is 1.40. The third kappa shape index (κ3) is 4.72. The second kappa shape index (κ2) is 8.80. The average molecular weight is 354 g/mol. The summed E-state index contributed by atoms with van der Waals surface area (Å²) in [5.74, 6) is 0. The van der Waals surface area contributed by atoms with Crippen LogP contribution in [0.2, 0.25) is 0 Å². The van der Waals surface area contributed by atoms with Crippen molar-refractivity contribution >= 4 is 0 Å². The SMILES string of the molecule is c1ccc(CN2CCCOC(CN3CCC(n4cccn4)CC3)C2)cc1. The summed E-state index contributed by atoms with van der Waals surface area (Å²) >= 11 is 0. The molecule has 140 valence electrons. The van der Waals surface area contributed by atoms with Crippen LogP contribution >= 0.6 is 0 Å². The number of nitrogens with zero attached hydrogens (tertiary/aromatic N) is 4. The van der Waals surface area contributed by atoms with E-state index in [9.17, 15) is 0 Å². The van der Waals surface area contributed by atoms with Crippen molar-refractivity contribution in [3.63, 3.8) is 0 Å². The monoisotopic (exact) mass is 354 g/mol. The van der Waals surface area contributed by atoms with E-state index in [0.29, 0.717) is 12.1 Å². The highest BCUT2D eigenvalue weighted by atomic mass is 16.5. The maximum Gasteiger partial charge on any atom is 0.0828 e. The van der Waals surface area contributed by atoms with Crippen LogP contribution in [0.1, 0.15) is 30.9 Å². The van der Waals surface area contributed by atoms with Crippen LogP contribution < -0.4 is 0 Å². The topological polar surface area (TPSA) is 33.5 Å². The predicted octanol–water partition coefficient (Wildman–Crippen LogP) is 2.81. The molecule has 1 unspecified atom stereocenters. The summed E-state index contributed by atoms with van der Waals surface area (Å²) < 4.78 is 8.30. The molecule has 2 aromatic rings. The van der Waals surface area contributed by atoms with Gasteiger partial charge in [-0.15, -0.1) is 0 Å². The largest absolute Gasteiger partial charge is 0.376 e. The van der Waals surface area contributed by atoms with E-state index >= 15 is 0 Å². The van der Waals surface area contributed by atoms with Gasteiger partial charge in [0.1, 0.15) is 0 Å². The van der Waals surface area contributed by atoms with Crippen LogP contribution in [-0.2, 0) is 11.3 Å². The molecule has 0 aliphatic carbocycles. The molecule has 0 saturated carbocycles. The van der Waals surface area contributed by atoms with Gasteiger partial charge in [-0.25, -0.2) is 0 Å². The van der Waals surface area contributed by atoms with Crippen molar-refractivity contribution in [3.05, 3.63) is 54.4 Å². The lowest BCUT2D eigenvalue weighted by Gasteiger charge is -2.34. The number of aromatic nitrogens is 2. The first-order chi connectivity index (χ1) is 12.9. The summed E-state index contributed by atoms with van der Waals surface area (Å²) in [6, 6.07) is 13.4. The zero-order valence-electron chi connectivity index (χ0n) is 15.5. The molecule has 0 amide bonds. The van der Waals surface area contributed by atoms with E-state index in [1.807, 2.05) is 12.3 Å². The van der Waals surface area contributed by atoms with Gasteiger partial charge in [0.15, 0.2) is 0 Å². The van der Waals surface area contributed by atoms with Crippen LogP contribution in [-0.4, -0.2) is 65.0 Å². The molecule has 2 saturated heterocycles. The summed E-state index contributed by atoms with van der Waals surface area (Å²) in [6.07, 6.45) is 7.79. The highest BCUT2D eigenvalue weighted by Gasteiger charge is 2.25. The predicted molar refractivity (Wildman–Crippen MR) is 103 cm³/mol. The number of rotatable bonds is 5. The maximum absolute atomic E-state index is 6.17. The van der Waals surface area contributed by atoms with Gasteiger partial charge in [0.25, 0.3) is 0 Å². The first-order valence-corrected chi connectivity index (χ1v) is 9.96. The fourth-order valence-electron chi connectivity index (χ4n) is 4.22. The Morgan fingerprint density at radius 1 is 1.00 bits per heavy atom. The van der Waals surface area contributed by atoms with Crippen molar-refractivity contribution in [3.8, 4) is 0 Å². The van der Waals surface area contributed by atoms with E-state index in [2.05, 4.69) is 56.1 Å².